The number of benzene rings is 1. The van der Waals surface area contributed by atoms with Crippen molar-refractivity contribution >= 4 is 21.4 Å². The molecule has 0 saturated carbocycles. The molecule has 0 radical (unpaired) electrons. The first-order valence-electron chi connectivity index (χ1n) is 7.36. The van der Waals surface area contributed by atoms with Crippen molar-refractivity contribution in [2.24, 2.45) is 5.14 Å². The van der Waals surface area contributed by atoms with E-state index in [0.29, 0.717) is 17.8 Å². The molecule has 1 aromatic rings. The van der Waals surface area contributed by atoms with E-state index in [-0.39, 0.29) is 4.90 Å². The standard InChI is InChI=1S/C14H22N4O2S/c15-13-9-12(21(16,19)20)3-4-14(13)17-10-5-7-18-6-1-2-11(18)8-10/h3-4,9-11,17H,1-2,5-8,15H2,(H2,16,19,20). The highest BCUT2D eigenvalue weighted by molar-refractivity contribution is 7.89. The summed E-state index contributed by atoms with van der Waals surface area (Å²) < 4.78 is 22.6. The maximum Gasteiger partial charge on any atom is 0.238 e. The van der Waals surface area contributed by atoms with E-state index >= 15 is 0 Å². The lowest BCUT2D eigenvalue weighted by atomic mass is 9.97. The van der Waals surface area contributed by atoms with Gasteiger partial charge < -0.3 is 16.0 Å². The second-order valence-electron chi connectivity index (χ2n) is 5.99. The Labute approximate surface area is 125 Å². The van der Waals surface area contributed by atoms with E-state index < -0.39 is 10.0 Å². The number of sulfonamides is 1. The molecule has 6 nitrogen and oxygen atoms in total. The molecule has 2 atom stereocenters. The maximum atomic E-state index is 11.3. The Kier molecular flexibility index (Phi) is 3.81. The highest BCUT2D eigenvalue weighted by Crippen LogP contribution is 2.30. The number of piperidine rings is 1. The topological polar surface area (TPSA) is 101 Å². The highest BCUT2D eigenvalue weighted by atomic mass is 32.2. The average molecular weight is 310 g/mol. The molecular formula is C14H22N4O2S. The van der Waals surface area contributed by atoms with E-state index in [4.69, 9.17) is 10.9 Å². The number of rotatable bonds is 3. The van der Waals surface area contributed by atoms with Gasteiger partial charge in [-0.15, -0.1) is 0 Å². The van der Waals surface area contributed by atoms with Gasteiger partial charge in [0.15, 0.2) is 0 Å². The zero-order valence-electron chi connectivity index (χ0n) is 12.0. The number of nitrogens with one attached hydrogen (secondary N) is 1. The molecule has 0 spiro atoms. The molecule has 2 fully saturated rings. The molecule has 2 saturated heterocycles. The quantitative estimate of drug-likeness (QED) is 0.722. The molecule has 0 aliphatic carbocycles. The minimum absolute atomic E-state index is 0.0520. The molecule has 116 valence electrons. The van der Waals surface area contributed by atoms with Gasteiger partial charge in [0.25, 0.3) is 0 Å². The molecular weight excluding hydrogens is 288 g/mol. The van der Waals surface area contributed by atoms with Crippen LogP contribution in [0, 0.1) is 0 Å². The first-order valence-corrected chi connectivity index (χ1v) is 8.91. The Morgan fingerprint density at radius 1 is 1.24 bits per heavy atom. The van der Waals surface area contributed by atoms with Gasteiger partial charge in [-0.25, -0.2) is 13.6 Å². The monoisotopic (exact) mass is 310 g/mol. The van der Waals surface area contributed by atoms with Gasteiger partial charge >= 0.3 is 0 Å². The Morgan fingerprint density at radius 3 is 2.76 bits per heavy atom. The van der Waals surface area contributed by atoms with Gasteiger partial charge in [0.05, 0.1) is 16.3 Å². The summed E-state index contributed by atoms with van der Waals surface area (Å²) in [5.41, 5.74) is 7.17. The van der Waals surface area contributed by atoms with Crippen LogP contribution in [-0.2, 0) is 10.0 Å². The fourth-order valence-corrected chi connectivity index (χ4v) is 3.97. The third-order valence-electron chi connectivity index (χ3n) is 4.53. The van der Waals surface area contributed by atoms with Crippen LogP contribution in [0.3, 0.4) is 0 Å². The molecule has 0 amide bonds. The summed E-state index contributed by atoms with van der Waals surface area (Å²) in [7, 11) is -3.70. The summed E-state index contributed by atoms with van der Waals surface area (Å²) in [6.07, 6.45) is 4.78. The number of hydrogen-bond acceptors (Lipinski definition) is 5. The minimum Gasteiger partial charge on any atom is -0.397 e. The molecule has 2 aliphatic rings. The van der Waals surface area contributed by atoms with Crippen molar-refractivity contribution < 1.29 is 8.42 Å². The van der Waals surface area contributed by atoms with E-state index in [0.717, 1.165) is 25.1 Å². The minimum atomic E-state index is -3.70. The van der Waals surface area contributed by atoms with Crippen LogP contribution in [0.2, 0.25) is 0 Å². The molecule has 2 aliphatic heterocycles. The van der Waals surface area contributed by atoms with Crippen LogP contribution in [0.15, 0.2) is 23.1 Å². The summed E-state index contributed by atoms with van der Waals surface area (Å²) in [6.45, 7) is 2.35. The van der Waals surface area contributed by atoms with Gasteiger partial charge in [-0.1, -0.05) is 0 Å². The molecule has 0 bridgehead atoms. The summed E-state index contributed by atoms with van der Waals surface area (Å²) in [5, 5.41) is 8.56. The molecule has 0 aromatic heterocycles. The van der Waals surface area contributed by atoms with E-state index in [1.165, 1.54) is 31.5 Å². The van der Waals surface area contributed by atoms with Gasteiger partial charge in [0, 0.05) is 18.6 Å². The number of nitrogens with zero attached hydrogens (tertiary/aromatic N) is 1. The molecule has 3 rings (SSSR count). The van der Waals surface area contributed by atoms with Gasteiger partial charge in [-0.05, 0) is 50.4 Å². The number of primary sulfonamides is 1. The lowest BCUT2D eigenvalue weighted by molar-refractivity contribution is 0.188. The summed E-state index contributed by atoms with van der Waals surface area (Å²) >= 11 is 0. The SMILES string of the molecule is Nc1cc(S(N)(=O)=O)ccc1NC1CCN2CCCC2C1. The average Bonchev–Trinajstić information content (AvgIpc) is 2.87. The van der Waals surface area contributed by atoms with Crippen LogP contribution in [-0.4, -0.2) is 38.5 Å². The Bertz CT molecular complexity index is 632. The lowest BCUT2D eigenvalue weighted by Gasteiger charge is -2.35. The Hall–Kier alpha value is -1.31. The van der Waals surface area contributed by atoms with E-state index in [2.05, 4.69) is 10.2 Å². The molecule has 5 N–H and O–H groups in total. The summed E-state index contributed by atoms with van der Waals surface area (Å²) in [6, 6.07) is 5.70. The van der Waals surface area contributed by atoms with Crippen molar-refractivity contribution in [3.8, 4) is 0 Å². The first kappa shape index (κ1) is 14.6. The van der Waals surface area contributed by atoms with Crippen molar-refractivity contribution in [1.29, 1.82) is 0 Å². The number of fused-ring (bicyclic) bond motifs is 1. The fraction of sp³-hybridized carbons (Fsp3) is 0.571. The molecule has 1 aromatic carbocycles. The summed E-state index contributed by atoms with van der Waals surface area (Å²) in [5.74, 6) is 0. The second-order valence-corrected chi connectivity index (χ2v) is 7.55. The lowest BCUT2D eigenvalue weighted by Crippen LogP contribution is -2.42. The van der Waals surface area contributed by atoms with Crippen LogP contribution >= 0.6 is 0 Å². The number of nitrogens with two attached hydrogens (primary N) is 2. The highest BCUT2D eigenvalue weighted by Gasteiger charge is 2.31. The van der Waals surface area contributed by atoms with Crippen molar-refractivity contribution in [3.63, 3.8) is 0 Å². The Balaban J connectivity index is 1.70. The molecule has 21 heavy (non-hydrogen) atoms. The molecule has 2 heterocycles. The molecule has 2 unspecified atom stereocenters. The van der Waals surface area contributed by atoms with Gasteiger partial charge in [0.2, 0.25) is 10.0 Å². The fourth-order valence-electron chi connectivity index (χ4n) is 3.42. The van der Waals surface area contributed by atoms with Crippen molar-refractivity contribution in [1.82, 2.24) is 4.90 Å². The van der Waals surface area contributed by atoms with Crippen molar-refractivity contribution in [2.75, 3.05) is 24.1 Å². The van der Waals surface area contributed by atoms with Crippen LogP contribution in [0.1, 0.15) is 25.7 Å². The van der Waals surface area contributed by atoms with E-state index in [1.807, 2.05) is 0 Å². The number of hydrogen-bond donors (Lipinski definition) is 3. The van der Waals surface area contributed by atoms with Gasteiger partial charge in [0.1, 0.15) is 0 Å². The van der Waals surface area contributed by atoms with Crippen molar-refractivity contribution in [2.45, 2.75) is 42.7 Å². The zero-order chi connectivity index (χ0) is 15.0. The number of anilines is 2. The van der Waals surface area contributed by atoms with E-state index in [1.54, 1.807) is 6.07 Å². The normalized spacial score (nSPS) is 26.5. The third kappa shape index (κ3) is 3.14. The van der Waals surface area contributed by atoms with Crippen LogP contribution in [0.5, 0.6) is 0 Å². The predicted octanol–water partition coefficient (Wildman–Crippen LogP) is 0.955. The Morgan fingerprint density at radius 2 is 2.05 bits per heavy atom. The first-order chi connectivity index (χ1) is 9.93. The summed E-state index contributed by atoms with van der Waals surface area (Å²) in [4.78, 5) is 2.61. The van der Waals surface area contributed by atoms with Crippen LogP contribution in [0.4, 0.5) is 11.4 Å². The second kappa shape index (κ2) is 5.47. The van der Waals surface area contributed by atoms with Crippen LogP contribution < -0.4 is 16.2 Å². The maximum absolute atomic E-state index is 11.3. The number of nitrogen functional groups attached to an aromatic ring is 1. The predicted molar refractivity (Wildman–Crippen MR) is 83.5 cm³/mol. The van der Waals surface area contributed by atoms with Gasteiger partial charge in [-0.3, -0.25) is 0 Å². The third-order valence-corrected chi connectivity index (χ3v) is 5.44. The molecule has 7 heteroatoms. The largest absolute Gasteiger partial charge is 0.397 e. The van der Waals surface area contributed by atoms with Crippen LogP contribution in [0.25, 0.3) is 0 Å². The van der Waals surface area contributed by atoms with E-state index in [9.17, 15) is 8.42 Å². The smallest absolute Gasteiger partial charge is 0.238 e. The van der Waals surface area contributed by atoms with Crippen molar-refractivity contribution in [3.05, 3.63) is 18.2 Å². The zero-order valence-corrected chi connectivity index (χ0v) is 12.8. The van der Waals surface area contributed by atoms with Gasteiger partial charge in [-0.2, -0.15) is 0 Å².